The molecule has 0 fully saturated rings. The molecule has 4 unspecified atom stereocenters. The van der Waals surface area contributed by atoms with Gasteiger partial charge in [-0.1, -0.05) is 25.2 Å². The van der Waals surface area contributed by atoms with E-state index < -0.39 is 31.3 Å². The van der Waals surface area contributed by atoms with Crippen LogP contribution < -0.4 is 20.7 Å². The Labute approximate surface area is 250 Å². The maximum Gasteiger partial charge on any atom is 0.408 e. The van der Waals surface area contributed by atoms with Crippen LogP contribution in [0, 0.1) is 6.92 Å². The zero-order valence-electron chi connectivity index (χ0n) is 24.6. The van der Waals surface area contributed by atoms with E-state index >= 15 is 0 Å². The average Bonchev–Trinajstić information content (AvgIpc) is 3.45. The molecule has 0 bridgehead atoms. The number of hydrogen-bond acceptors (Lipinski definition) is 8. The SMILES string of the molecule is COc1cc(COP(=O)(OCC2C=CC(n3cc(C)c(=O)[nH]c3=O)O2)N(C)CCCCCl)c(OC)c2c1C(C)CC=C2. The Hall–Kier alpha value is -2.66. The van der Waals surface area contributed by atoms with Gasteiger partial charge in [-0.2, -0.15) is 0 Å². The van der Waals surface area contributed by atoms with Crippen LogP contribution in [0.3, 0.4) is 0 Å². The lowest BCUT2D eigenvalue weighted by Gasteiger charge is -2.29. The predicted octanol–water partition coefficient (Wildman–Crippen LogP) is 5.13. The number of rotatable bonds is 14. The van der Waals surface area contributed by atoms with Crippen LogP contribution in [-0.2, 0) is 25.0 Å². The van der Waals surface area contributed by atoms with Gasteiger partial charge < -0.3 is 14.2 Å². The Bertz CT molecular complexity index is 1490. The Morgan fingerprint density at radius 1 is 1.19 bits per heavy atom. The summed E-state index contributed by atoms with van der Waals surface area (Å²) in [5, 5.41) is 0. The molecule has 0 spiro atoms. The molecule has 1 aromatic heterocycles. The number of alkyl halides is 1. The van der Waals surface area contributed by atoms with E-state index in [0.717, 1.165) is 29.7 Å². The third-order valence-corrected chi connectivity index (χ3v) is 9.62. The van der Waals surface area contributed by atoms with Crippen LogP contribution >= 0.6 is 19.3 Å². The number of halogens is 1. The molecule has 2 heterocycles. The van der Waals surface area contributed by atoms with Crippen molar-refractivity contribution in [2.24, 2.45) is 0 Å². The number of ether oxygens (including phenoxy) is 3. The summed E-state index contributed by atoms with van der Waals surface area (Å²) < 4.78 is 46.6. The number of aryl methyl sites for hydroxylation is 1. The van der Waals surface area contributed by atoms with Gasteiger partial charge in [-0.25, -0.2) is 14.0 Å². The fourth-order valence-electron chi connectivity index (χ4n) is 5.06. The highest BCUT2D eigenvalue weighted by atomic mass is 35.5. The van der Waals surface area contributed by atoms with E-state index in [9.17, 15) is 14.2 Å². The van der Waals surface area contributed by atoms with Gasteiger partial charge in [-0.3, -0.25) is 23.4 Å². The molecular weight excluding hydrogens is 585 g/mol. The molecule has 42 heavy (non-hydrogen) atoms. The van der Waals surface area contributed by atoms with Crippen molar-refractivity contribution in [3.8, 4) is 11.5 Å². The van der Waals surface area contributed by atoms with Crippen molar-refractivity contribution in [2.45, 2.75) is 58.0 Å². The van der Waals surface area contributed by atoms with Crippen molar-refractivity contribution in [2.75, 3.05) is 40.3 Å². The molecule has 0 amide bonds. The second-order valence-electron chi connectivity index (χ2n) is 10.4. The maximum absolute atomic E-state index is 14.2. The Morgan fingerprint density at radius 3 is 2.69 bits per heavy atom. The number of allylic oxidation sites excluding steroid dienone is 1. The van der Waals surface area contributed by atoms with Gasteiger partial charge in [0, 0.05) is 40.9 Å². The lowest BCUT2D eigenvalue weighted by molar-refractivity contribution is -0.0112. The van der Waals surface area contributed by atoms with Crippen LogP contribution in [0.15, 0.2) is 40.1 Å². The number of nitrogens with one attached hydrogen (secondary N) is 1. The summed E-state index contributed by atoms with van der Waals surface area (Å²) in [6.07, 6.45) is 9.96. The summed E-state index contributed by atoms with van der Waals surface area (Å²) in [5.41, 5.74) is 2.00. The minimum absolute atomic E-state index is 0.0534. The Balaban J connectivity index is 1.52. The number of aromatic amines is 1. The molecule has 1 N–H and O–H groups in total. The number of benzene rings is 1. The summed E-state index contributed by atoms with van der Waals surface area (Å²) in [6.45, 7) is 4.03. The van der Waals surface area contributed by atoms with E-state index in [4.69, 9.17) is 34.9 Å². The smallest absolute Gasteiger partial charge is 0.408 e. The summed E-state index contributed by atoms with van der Waals surface area (Å²) >= 11 is 5.86. The van der Waals surface area contributed by atoms with Crippen molar-refractivity contribution in [3.63, 3.8) is 0 Å². The number of unbranched alkanes of at least 4 members (excludes halogenated alkanes) is 1. The number of fused-ring (bicyclic) bond motifs is 1. The number of methoxy groups -OCH3 is 2. The first-order chi connectivity index (χ1) is 20.1. The number of H-pyrrole nitrogens is 1. The first-order valence-corrected chi connectivity index (χ1v) is 15.9. The summed E-state index contributed by atoms with van der Waals surface area (Å²) in [6, 6.07) is 1.86. The minimum atomic E-state index is -3.83. The van der Waals surface area contributed by atoms with E-state index in [-0.39, 0.29) is 19.1 Å². The van der Waals surface area contributed by atoms with Gasteiger partial charge in [0.05, 0.1) is 27.4 Å². The van der Waals surface area contributed by atoms with Crippen molar-refractivity contribution in [3.05, 3.63) is 73.6 Å². The molecule has 4 atom stereocenters. The Morgan fingerprint density at radius 2 is 1.98 bits per heavy atom. The van der Waals surface area contributed by atoms with E-state index in [2.05, 4.69) is 18.0 Å². The minimum Gasteiger partial charge on any atom is -0.496 e. The molecule has 13 heteroatoms. The molecule has 230 valence electrons. The summed E-state index contributed by atoms with van der Waals surface area (Å²) in [5.74, 6) is 2.10. The molecular formula is C29H39ClN3O8P. The standard InChI is InChI=1S/C29H39ClN3O8P/c1-19-9-8-10-23-26(19)24(37-4)15-21(27(23)38-5)17-39-42(36,32(3)14-7-6-13-30)40-18-22-11-12-25(41-22)33-16-20(2)28(34)31-29(33)35/h8,10-12,15-16,19,22,25H,6-7,9,13-14,17-18H2,1-5H3,(H,31,34,35). The molecule has 11 nitrogen and oxygen atoms in total. The molecule has 0 radical (unpaired) electrons. The molecule has 0 saturated carbocycles. The van der Waals surface area contributed by atoms with Crippen LogP contribution in [0.1, 0.15) is 60.6 Å². The maximum atomic E-state index is 14.2. The second kappa shape index (κ2) is 14.2. The fourth-order valence-corrected chi connectivity index (χ4v) is 6.74. The van der Waals surface area contributed by atoms with Gasteiger partial charge in [0.1, 0.15) is 17.6 Å². The molecule has 0 saturated heterocycles. The van der Waals surface area contributed by atoms with Crippen LogP contribution in [-0.4, -0.2) is 60.6 Å². The van der Waals surface area contributed by atoms with Gasteiger partial charge in [0.15, 0.2) is 6.23 Å². The fraction of sp³-hybridized carbons (Fsp3) is 0.517. The average molecular weight is 624 g/mol. The van der Waals surface area contributed by atoms with Gasteiger partial charge in [0.2, 0.25) is 0 Å². The van der Waals surface area contributed by atoms with E-state index in [1.54, 1.807) is 45.0 Å². The lowest BCUT2D eigenvalue weighted by Crippen LogP contribution is -2.33. The van der Waals surface area contributed by atoms with Crippen molar-refractivity contribution in [1.82, 2.24) is 14.2 Å². The van der Waals surface area contributed by atoms with Crippen LogP contribution in [0.5, 0.6) is 11.5 Å². The highest BCUT2D eigenvalue weighted by molar-refractivity contribution is 7.51. The van der Waals surface area contributed by atoms with Crippen molar-refractivity contribution < 1.29 is 27.8 Å². The third kappa shape index (κ3) is 7.10. The van der Waals surface area contributed by atoms with Crippen LogP contribution in [0.25, 0.3) is 6.08 Å². The zero-order chi connectivity index (χ0) is 30.4. The largest absolute Gasteiger partial charge is 0.496 e. The Kier molecular flexibility index (Phi) is 10.9. The number of aromatic nitrogens is 2. The van der Waals surface area contributed by atoms with Crippen LogP contribution in [0.2, 0.25) is 0 Å². The van der Waals surface area contributed by atoms with Gasteiger partial charge in [-0.05, 0) is 51.3 Å². The van der Waals surface area contributed by atoms with Gasteiger partial charge >= 0.3 is 13.4 Å². The zero-order valence-corrected chi connectivity index (χ0v) is 26.3. The topological polar surface area (TPSA) is 121 Å². The summed E-state index contributed by atoms with van der Waals surface area (Å²) in [7, 11) is 1.07. The van der Waals surface area contributed by atoms with E-state index in [1.807, 2.05) is 12.1 Å². The lowest BCUT2D eigenvalue weighted by atomic mass is 9.86. The predicted molar refractivity (Wildman–Crippen MR) is 162 cm³/mol. The number of nitrogens with zero attached hydrogens (tertiary/aromatic N) is 2. The van der Waals surface area contributed by atoms with Crippen molar-refractivity contribution >= 4 is 25.4 Å². The van der Waals surface area contributed by atoms with E-state index in [0.29, 0.717) is 35.7 Å². The molecule has 1 aromatic carbocycles. The monoisotopic (exact) mass is 623 g/mol. The van der Waals surface area contributed by atoms with Gasteiger partial charge in [0.25, 0.3) is 5.56 Å². The molecule has 1 aliphatic heterocycles. The number of hydrogen-bond donors (Lipinski definition) is 1. The first kappa shape index (κ1) is 32.3. The van der Waals surface area contributed by atoms with Crippen LogP contribution in [0.4, 0.5) is 0 Å². The molecule has 2 aromatic rings. The first-order valence-electron chi connectivity index (χ1n) is 13.9. The molecule has 4 rings (SSSR count). The highest BCUT2D eigenvalue weighted by Gasteiger charge is 2.34. The molecule has 2 aliphatic rings. The third-order valence-electron chi connectivity index (χ3n) is 7.38. The molecule has 1 aliphatic carbocycles. The van der Waals surface area contributed by atoms with Gasteiger partial charge in [-0.15, -0.1) is 11.6 Å². The summed E-state index contributed by atoms with van der Waals surface area (Å²) in [4.78, 5) is 26.3. The van der Waals surface area contributed by atoms with Crippen molar-refractivity contribution in [1.29, 1.82) is 0 Å². The quantitative estimate of drug-likeness (QED) is 0.132. The van der Waals surface area contributed by atoms with E-state index in [1.165, 1.54) is 10.8 Å². The highest BCUT2D eigenvalue weighted by Crippen LogP contribution is 2.53. The normalized spacial score (nSPS) is 21.0. The second-order valence-corrected chi connectivity index (χ2v) is 12.9.